The third-order valence-electron chi connectivity index (χ3n) is 3.46. The van der Waals surface area contributed by atoms with Crippen LogP contribution in [0.3, 0.4) is 0 Å². The van der Waals surface area contributed by atoms with E-state index in [0.717, 1.165) is 19.5 Å². The van der Waals surface area contributed by atoms with Crippen molar-refractivity contribution in [1.29, 1.82) is 0 Å². The second-order valence-corrected chi connectivity index (χ2v) is 5.82. The van der Waals surface area contributed by atoms with Crippen LogP contribution in [0.5, 0.6) is 0 Å². The summed E-state index contributed by atoms with van der Waals surface area (Å²) in [5, 5.41) is 3.48. The highest BCUT2D eigenvalue weighted by Gasteiger charge is 2.00. The highest BCUT2D eigenvalue weighted by Crippen LogP contribution is 2.10. The Bertz CT molecular complexity index is 529. The van der Waals surface area contributed by atoms with E-state index in [2.05, 4.69) is 61.4 Å². The van der Waals surface area contributed by atoms with Crippen molar-refractivity contribution in [2.75, 3.05) is 0 Å². The number of nitrogens with zero attached hydrogens (tertiary/aromatic N) is 1. The van der Waals surface area contributed by atoms with E-state index in [1.807, 2.05) is 12.4 Å². The monoisotopic (exact) mass is 268 g/mol. The lowest BCUT2D eigenvalue weighted by Crippen LogP contribution is -2.13. The van der Waals surface area contributed by atoms with Crippen LogP contribution in [0.2, 0.25) is 0 Å². The molecular weight excluding hydrogens is 244 g/mol. The molecule has 1 N–H and O–H groups in total. The van der Waals surface area contributed by atoms with Gasteiger partial charge in [0.1, 0.15) is 0 Å². The molecule has 20 heavy (non-hydrogen) atoms. The molecule has 0 bridgehead atoms. The number of benzene rings is 1. The lowest BCUT2D eigenvalue weighted by atomic mass is 10.0. The number of aryl methyl sites for hydroxylation is 1. The maximum atomic E-state index is 4.17. The van der Waals surface area contributed by atoms with Crippen molar-refractivity contribution < 1.29 is 0 Å². The Morgan fingerprint density at radius 3 is 2.35 bits per heavy atom. The quantitative estimate of drug-likeness (QED) is 0.860. The summed E-state index contributed by atoms with van der Waals surface area (Å²) in [4.78, 5) is 4.17. The van der Waals surface area contributed by atoms with E-state index in [1.54, 1.807) is 0 Å². The van der Waals surface area contributed by atoms with Gasteiger partial charge in [0.2, 0.25) is 0 Å². The first-order valence-electron chi connectivity index (χ1n) is 7.33. The molecule has 0 aliphatic rings. The summed E-state index contributed by atoms with van der Waals surface area (Å²) in [5.74, 6) is 0.715. The molecule has 0 unspecified atom stereocenters. The standard InChI is InChI=1S/C18H24N2/c1-14(2)10-16-4-6-17(7-5-16)11-20-13-18-12-19-9-8-15(18)3/h4-9,12,14,20H,10-11,13H2,1-3H3. The van der Waals surface area contributed by atoms with Crippen LogP contribution in [-0.4, -0.2) is 4.98 Å². The number of aromatic nitrogens is 1. The minimum atomic E-state index is 0.715. The molecule has 0 saturated carbocycles. The van der Waals surface area contributed by atoms with Crippen molar-refractivity contribution in [3.63, 3.8) is 0 Å². The fourth-order valence-corrected chi connectivity index (χ4v) is 2.29. The molecule has 2 aromatic rings. The Kier molecular flexibility index (Phi) is 5.31. The fraction of sp³-hybridized carbons (Fsp3) is 0.389. The molecule has 1 aromatic carbocycles. The largest absolute Gasteiger partial charge is 0.309 e. The average molecular weight is 268 g/mol. The van der Waals surface area contributed by atoms with Crippen LogP contribution in [0.1, 0.15) is 36.1 Å². The molecule has 2 rings (SSSR count). The minimum absolute atomic E-state index is 0.715. The van der Waals surface area contributed by atoms with Crippen LogP contribution in [0.25, 0.3) is 0 Å². The van der Waals surface area contributed by atoms with Crippen molar-refractivity contribution in [3.8, 4) is 0 Å². The predicted octanol–water partition coefficient (Wildman–Crippen LogP) is 3.88. The van der Waals surface area contributed by atoms with E-state index in [0.29, 0.717) is 5.92 Å². The number of rotatable bonds is 6. The molecule has 2 nitrogen and oxygen atoms in total. The summed E-state index contributed by atoms with van der Waals surface area (Å²) >= 11 is 0. The van der Waals surface area contributed by atoms with E-state index in [-0.39, 0.29) is 0 Å². The molecule has 0 spiro atoms. The Morgan fingerprint density at radius 1 is 1.00 bits per heavy atom. The highest BCUT2D eigenvalue weighted by atomic mass is 14.8. The van der Waals surface area contributed by atoms with Gasteiger partial charge in [-0.25, -0.2) is 0 Å². The van der Waals surface area contributed by atoms with Crippen molar-refractivity contribution in [1.82, 2.24) is 10.3 Å². The van der Waals surface area contributed by atoms with Crippen molar-refractivity contribution in [2.24, 2.45) is 5.92 Å². The SMILES string of the molecule is Cc1ccncc1CNCc1ccc(CC(C)C)cc1. The van der Waals surface area contributed by atoms with Gasteiger partial charge in [-0.2, -0.15) is 0 Å². The zero-order valence-corrected chi connectivity index (χ0v) is 12.7. The zero-order valence-electron chi connectivity index (χ0n) is 12.7. The van der Waals surface area contributed by atoms with Gasteiger partial charge in [0.05, 0.1) is 0 Å². The summed E-state index contributed by atoms with van der Waals surface area (Å²) in [6.07, 6.45) is 4.93. The summed E-state index contributed by atoms with van der Waals surface area (Å²) < 4.78 is 0. The van der Waals surface area contributed by atoms with Crippen LogP contribution in [-0.2, 0) is 19.5 Å². The first kappa shape index (κ1) is 14.7. The normalized spacial score (nSPS) is 11.0. The number of nitrogens with one attached hydrogen (secondary N) is 1. The van der Waals surface area contributed by atoms with Crippen LogP contribution < -0.4 is 5.32 Å². The Labute approximate surface area is 122 Å². The highest BCUT2D eigenvalue weighted by molar-refractivity contribution is 5.24. The van der Waals surface area contributed by atoms with E-state index in [1.165, 1.54) is 22.3 Å². The molecule has 106 valence electrons. The topological polar surface area (TPSA) is 24.9 Å². The molecule has 0 aliphatic heterocycles. The van der Waals surface area contributed by atoms with Gasteiger partial charge < -0.3 is 5.32 Å². The van der Waals surface area contributed by atoms with Gasteiger partial charge in [0.15, 0.2) is 0 Å². The summed E-state index contributed by atoms with van der Waals surface area (Å²) in [6.45, 7) is 8.40. The lowest BCUT2D eigenvalue weighted by Gasteiger charge is -2.09. The summed E-state index contributed by atoms with van der Waals surface area (Å²) in [6, 6.07) is 11.0. The van der Waals surface area contributed by atoms with E-state index in [4.69, 9.17) is 0 Å². The average Bonchev–Trinajstić information content (AvgIpc) is 2.42. The Balaban J connectivity index is 1.84. The molecule has 0 aliphatic carbocycles. The molecule has 0 fully saturated rings. The van der Waals surface area contributed by atoms with Crippen LogP contribution in [0.15, 0.2) is 42.7 Å². The third-order valence-corrected chi connectivity index (χ3v) is 3.46. The molecule has 0 amide bonds. The molecule has 1 heterocycles. The summed E-state index contributed by atoms with van der Waals surface area (Å²) in [5.41, 5.74) is 5.31. The first-order chi connectivity index (χ1) is 9.65. The molecule has 0 radical (unpaired) electrons. The number of hydrogen-bond acceptors (Lipinski definition) is 2. The van der Waals surface area contributed by atoms with E-state index < -0.39 is 0 Å². The summed E-state index contributed by atoms with van der Waals surface area (Å²) in [7, 11) is 0. The van der Waals surface area contributed by atoms with Crippen molar-refractivity contribution >= 4 is 0 Å². The van der Waals surface area contributed by atoms with Gasteiger partial charge in [0.25, 0.3) is 0 Å². The van der Waals surface area contributed by atoms with Gasteiger partial charge in [-0.05, 0) is 47.6 Å². The maximum Gasteiger partial charge on any atom is 0.0315 e. The lowest BCUT2D eigenvalue weighted by molar-refractivity contribution is 0.646. The molecule has 0 atom stereocenters. The smallest absolute Gasteiger partial charge is 0.0315 e. The van der Waals surface area contributed by atoms with Gasteiger partial charge in [0, 0.05) is 25.5 Å². The van der Waals surface area contributed by atoms with Gasteiger partial charge in [-0.3, -0.25) is 4.98 Å². The predicted molar refractivity (Wildman–Crippen MR) is 84.5 cm³/mol. The molecule has 0 saturated heterocycles. The molecule has 2 heteroatoms. The fourth-order valence-electron chi connectivity index (χ4n) is 2.29. The van der Waals surface area contributed by atoms with Crippen LogP contribution in [0.4, 0.5) is 0 Å². The second-order valence-electron chi connectivity index (χ2n) is 5.82. The van der Waals surface area contributed by atoms with Gasteiger partial charge in [-0.1, -0.05) is 38.1 Å². The van der Waals surface area contributed by atoms with Crippen molar-refractivity contribution in [2.45, 2.75) is 40.3 Å². The first-order valence-corrected chi connectivity index (χ1v) is 7.33. The van der Waals surface area contributed by atoms with Gasteiger partial charge >= 0.3 is 0 Å². The number of hydrogen-bond donors (Lipinski definition) is 1. The maximum absolute atomic E-state index is 4.17. The zero-order chi connectivity index (χ0) is 14.4. The third kappa shape index (κ3) is 4.46. The number of pyridine rings is 1. The molecular formula is C18H24N2. The Hall–Kier alpha value is -1.67. The van der Waals surface area contributed by atoms with Gasteiger partial charge in [-0.15, -0.1) is 0 Å². The van der Waals surface area contributed by atoms with Crippen LogP contribution in [0, 0.1) is 12.8 Å². The van der Waals surface area contributed by atoms with E-state index in [9.17, 15) is 0 Å². The van der Waals surface area contributed by atoms with E-state index >= 15 is 0 Å². The second kappa shape index (κ2) is 7.20. The van der Waals surface area contributed by atoms with Crippen molar-refractivity contribution in [3.05, 3.63) is 65.0 Å². The Morgan fingerprint density at radius 2 is 1.70 bits per heavy atom. The minimum Gasteiger partial charge on any atom is -0.309 e. The van der Waals surface area contributed by atoms with Crippen LogP contribution >= 0.6 is 0 Å². The molecule has 1 aromatic heterocycles.